The number of rotatable bonds is 3. The van der Waals surface area contributed by atoms with Crippen molar-refractivity contribution in [2.75, 3.05) is 5.32 Å². The van der Waals surface area contributed by atoms with Crippen LogP contribution < -0.4 is 5.32 Å². The van der Waals surface area contributed by atoms with E-state index < -0.39 is 0 Å². The minimum absolute atomic E-state index is 0.244. The number of aromatic nitrogens is 2. The molecule has 0 saturated heterocycles. The van der Waals surface area contributed by atoms with Gasteiger partial charge in [-0.05, 0) is 24.3 Å². The van der Waals surface area contributed by atoms with Gasteiger partial charge < -0.3 is 5.32 Å². The monoisotopic (exact) mass is 275 g/mol. The Hall–Kier alpha value is -3.01. The Morgan fingerprint density at radius 2 is 2.00 bits per heavy atom. The molecule has 0 aliphatic carbocycles. The van der Waals surface area contributed by atoms with Gasteiger partial charge in [0, 0.05) is 22.8 Å². The van der Waals surface area contributed by atoms with E-state index in [9.17, 15) is 4.79 Å². The molecule has 0 bridgehead atoms. The lowest BCUT2D eigenvalue weighted by molar-refractivity contribution is -0.111. The molecule has 0 fully saturated rings. The van der Waals surface area contributed by atoms with Crippen LogP contribution in [0, 0.1) is 0 Å². The van der Waals surface area contributed by atoms with Crippen LogP contribution in [0.2, 0.25) is 0 Å². The van der Waals surface area contributed by atoms with Crippen molar-refractivity contribution < 1.29 is 4.79 Å². The Bertz CT molecular complexity index is 827. The van der Waals surface area contributed by atoms with Crippen LogP contribution in [-0.4, -0.2) is 15.9 Å². The highest BCUT2D eigenvalue weighted by molar-refractivity contribution is 5.99. The SMILES string of the molecule is C=CC(=O)Nc1cccc(-c2ncc3ccccc3n2)c1. The zero-order valence-electron chi connectivity index (χ0n) is 11.3. The van der Waals surface area contributed by atoms with E-state index >= 15 is 0 Å². The summed E-state index contributed by atoms with van der Waals surface area (Å²) >= 11 is 0. The lowest BCUT2D eigenvalue weighted by Gasteiger charge is -2.06. The lowest BCUT2D eigenvalue weighted by Crippen LogP contribution is -2.07. The van der Waals surface area contributed by atoms with E-state index in [0.717, 1.165) is 16.5 Å². The normalized spacial score (nSPS) is 10.3. The molecule has 1 heterocycles. The largest absolute Gasteiger partial charge is 0.323 e. The second kappa shape index (κ2) is 5.54. The van der Waals surface area contributed by atoms with Gasteiger partial charge in [0.2, 0.25) is 5.91 Å². The highest BCUT2D eigenvalue weighted by Gasteiger charge is 2.05. The maximum atomic E-state index is 11.3. The Balaban J connectivity index is 1.99. The van der Waals surface area contributed by atoms with E-state index in [1.165, 1.54) is 6.08 Å². The first-order valence-corrected chi connectivity index (χ1v) is 6.52. The molecule has 3 rings (SSSR count). The molecular weight excluding hydrogens is 262 g/mol. The van der Waals surface area contributed by atoms with Crippen LogP contribution in [0.15, 0.2) is 67.4 Å². The molecule has 1 N–H and O–H groups in total. The van der Waals surface area contributed by atoms with E-state index in [1.807, 2.05) is 48.5 Å². The van der Waals surface area contributed by atoms with Gasteiger partial charge in [-0.1, -0.05) is 36.9 Å². The van der Waals surface area contributed by atoms with Crippen molar-refractivity contribution >= 4 is 22.5 Å². The summed E-state index contributed by atoms with van der Waals surface area (Å²) in [5.74, 6) is 0.384. The maximum Gasteiger partial charge on any atom is 0.247 e. The number of carbonyl (C=O) groups excluding carboxylic acids is 1. The second-order valence-corrected chi connectivity index (χ2v) is 4.53. The number of fused-ring (bicyclic) bond motifs is 1. The third kappa shape index (κ3) is 2.79. The number of hydrogen-bond donors (Lipinski definition) is 1. The van der Waals surface area contributed by atoms with E-state index in [4.69, 9.17) is 0 Å². The third-order valence-electron chi connectivity index (χ3n) is 3.06. The zero-order chi connectivity index (χ0) is 14.7. The Morgan fingerprint density at radius 3 is 2.86 bits per heavy atom. The summed E-state index contributed by atoms with van der Waals surface area (Å²) in [6.45, 7) is 3.43. The lowest BCUT2D eigenvalue weighted by atomic mass is 10.1. The molecule has 1 aromatic heterocycles. The van der Waals surface area contributed by atoms with Gasteiger partial charge in [0.15, 0.2) is 5.82 Å². The Morgan fingerprint density at radius 1 is 1.14 bits per heavy atom. The first-order chi connectivity index (χ1) is 10.3. The zero-order valence-corrected chi connectivity index (χ0v) is 11.3. The summed E-state index contributed by atoms with van der Waals surface area (Å²) in [4.78, 5) is 20.3. The van der Waals surface area contributed by atoms with Crippen LogP contribution in [0.3, 0.4) is 0 Å². The van der Waals surface area contributed by atoms with E-state index in [-0.39, 0.29) is 5.91 Å². The fourth-order valence-electron chi connectivity index (χ4n) is 2.04. The van der Waals surface area contributed by atoms with Crippen molar-refractivity contribution in [2.24, 2.45) is 0 Å². The number of anilines is 1. The molecule has 0 aliphatic heterocycles. The number of benzene rings is 2. The first-order valence-electron chi connectivity index (χ1n) is 6.52. The van der Waals surface area contributed by atoms with Gasteiger partial charge in [-0.25, -0.2) is 9.97 Å². The van der Waals surface area contributed by atoms with E-state index in [1.54, 1.807) is 6.20 Å². The van der Waals surface area contributed by atoms with Crippen LogP contribution in [0.1, 0.15) is 0 Å². The molecule has 21 heavy (non-hydrogen) atoms. The van der Waals surface area contributed by atoms with Crippen molar-refractivity contribution in [1.29, 1.82) is 0 Å². The van der Waals surface area contributed by atoms with Crippen LogP contribution in [0.25, 0.3) is 22.3 Å². The van der Waals surface area contributed by atoms with Gasteiger partial charge in [0.1, 0.15) is 0 Å². The molecule has 4 heteroatoms. The number of carbonyl (C=O) groups is 1. The van der Waals surface area contributed by atoms with Gasteiger partial charge >= 0.3 is 0 Å². The van der Waals surface area contributed by atoms with Gasteiger partial charge in [-0.3, -0.25) is 4.79 Å². The highest BCUT2D eigenvalue weighted by atomic mass is 16.1. The highest BCUT2D eigenvalue weighted by Crippen LogP contribution is 2.21. The fourth-order valence-corrected chi connectivity index (χ4v) is 2.04. The van der Waals surface area contributed by atoms with Crippen molar-refractivity contribution in [3.05, 3.63) is 67.4 Å². The molecule has 1 amide bonds. The van der Waals surface area contributed by atoms with Crippen molar-refractivity contribution in [1.82, 2.24) is 9.97 Å². The molecular formula is C17H13N3O. The summed E-state index contributed by atoms with van der Waals surface area (Å²) in [6.07, 6.45) is 3.03. The number of nitrogens with one attached hydrogen (secondary N) is 1. The quantitative estimate of drug-likeness (QED) is 0.745. The Kier molecular flexibility index (Phi) is 3.43. The minimum atomic E-state index is -0.244. The minimum Gasteiger partial charge on any atom is -0.323 e. The summed E-state index contributed by atoms with van der Waals surface area (Å²) in [6, 6.07) is 15.2. The van der Waals surface area contributed by atoms with Crippen LogP contribution in [0.4, 0.5) is 5.69 Å². The average molecular weight is 275 g/mol. The Labute approximate surface area is 122 Å². The molecule has 102 valence electrons. The third-order valence-corrected chi connectivity index (χ3v) is 3.06. The standard InChI is InChI=1S/C17H13N3O/c1-2-16(21)19-14-8-5-7-12(10-14)17-18-11-13-6-3-4-9-15(13)20-17/h2-11H,1H2,(H,19,21). The van der Waals surface area contributed by atoms with Crippen molar-refractivity contribution in [3.63, 3.8) is 0 Å². The van der Waals surface area contributed by atoms with Crippen LogP contribution in [0.5, 0.6) is 0 Å². The van der Waals surface area contributed by atoms with Gasteiger partial charge in [0.25, 0.3) is 0 Å². The average Bonchev–Trinajstić information content (AvgIpc) is 2.54. The molecule has 0 saturated carbocycles. The van der Waals surface area contributed by atoms with Crippen LogP contribution in [-0.2, 0) is 4.79 Å². The fraction of sp³-hybridized carbons (Fsp3) is 0. The topological polar surface area (TPSA) is 54.9 Å². The molecule has 2 aromatic carbocycles. The van der Waals surface area contributed by atoms with Gasteiger partial charge in [-0.15, -0.1) is 0 Å². The van der Waals surface area contributed by atoms with Crippen LogP contribution >= 0.6 is 0 Å². The molecule has 4 nitrogen and oxygen atoms in total. The van der Waals surface area contributed by atoms with Crippen molar-refractivity contribution in [3.8, 4) is 11.4 Å². The summed E-state index contributed by atoms with van der Waals surface area (Å²) in [5, 5.41) is 3.72. The molecule has 0 radical (unpaired) electrons. The smallest absolute Gasteiger partial charge is 0.247 e. The number of amides is 1. The number of para-hydroxylation sites is 1. The number of nitrogens with zero attached hydrogens (tertiary/aromatic N) is 2. The number of hydrogen-bond acceptors (Lipinski definition) is 3. The van der Waals surface area contributed by atoms with E-state index in [0.29, 0.717) is 11.5 Å². The first kappa shape index (κ1) is 13.0. The summed E-state index contributed by atoms with van der Waals surface area (Å²) in [7, 11) is 0. The predicted molar refractivity (Wildman–Crippen MR) is 83.8 cm³/mol. The maximum absolute atomic E-state index is 11.3. The molecule has 0 unspecified atom stereocenters. The van der Waals surface area contributed by atoms with Gasteiger partial charge in [0.05, 0.1) is 5.52 Å². The molecule has 0 atom stereocenters. The second-order valence-electron chi connectivity index (χ2n) is 4.53. The molecule has 0 spiro atoms. The predicted octanol–water partition coefficient (Wildman–Crippen LogP) is 3.42. The summed E-state index contributed by atoms with van der Waals surface area (Å²) < 4.78 is 0. The molecule has 3 aromatic rings. The summed E-state index contributed by atoms with van der Waals surface area (Å²) in [5.41, 5.74) is 2.43. The van der Waals surface area contributed by atoms with E-state index in [2.05, 4.69) is 21.9 Å². The van der Waals surface area contributed by atoms with Crippen molar-refractivity contribution in [2.45, 2.75) is 0 Å². The molecule has 0 aliphatic rings. The van der Waals surface area contributed by atoms with Gasteiger partial charge in [-0.2, -0.15) is 0 Å².